The molecule has 0 aromatic heterocycles. The van der Waals surface area contributed by atoms with Gasteiger partial charge in [0.15, 0.2) is 6.10 Å². The Hall–Kier alpha value is -2.04. The van der Waals surface area contributed by atoms with Gasteiger partial charge in [-0.15, -0.1) is 0 Å². The summed E-state index contributed by atoms with van der Waals surface area (Å²) >= 11 is 0. The van der Waals surface area contributed by atoms with Crippen molar-refractivity contribution in [3.8, 4) is 5.75 Å². The number of primary amides is 1. The summed E-state index contributed by atoms with van der Waals surface area (Å²) in [7, 11) is 0. The topological polar surface area (TPSA) is 81.4 Å². The molecule has 2 amide bonds. The number of carbonyl (C=O) groups excluding carboxylic acids is 2. The van der Waals surface area contributed by atoms with Crippen LogP contribution in [0, 0.1) is 0 Å². The van der Waals surface area contributed by atoms with Crippen molar-refractivity contribution in [3.63, 3.8) is 0 Å². The Kier molecular flexibility index (Phi) is 3.50. The third-order valence-electron chi connectivity index (χ3n) is 2.74. The fourth-order valence-corrected chi connectivity index (χ4v) is 1.50. The molecular weight excluding hydrogens is 232 g/mol. The lowest BCUT2D eigenvalue weighted by Gasteiger charge is -2.14. The van der Waals surface area contributed by atoms with Crippen molar-refractivity contribution in [2.75, 3.05) is 0 Å². The van der Waals surface area contributed by atoms with Crippen LogP contribution in [0.4, 0.5) is 0 Å². The van der Waals surface area contributed by atoms with Crippen LogP contribution < -0.4 is 15.8 Å². The van der Waals surface area contributed by atoms with Crippen LogP contribution in [0.2, 0.25) is 0 Å². The fourth-order valence-electron chi connectivity index (χ4n) is 1.50. The zero-order valence-electron chi connectivity index (χ0n) is 10.2. The maximum absolute atomic E-state index is 11.7. The molecule has 0 spiro atoms. The highest BCUT2D eigenvalue weighted by molar-refractivity contribution is 5.92. The molecule has 0 bridgehead atoms. The lowest BCUT2D eigenvalue weighted by molar-refractivity contribution is -0.127. The van der Waals surface area contributed by atoms with Crippen LogP contribution in [0.25, 0.3) is 0 Å². The van der Waals surface area contributed by atoms with Gasteiger partial charge in [-0.3, -0.25) is 9.59 Å². The van der Waals surface area contributed by atoms with E-state index in [1.54, 1.807) is 31.2 Å². The number of amides is 2. The maximum Gasteiger partial charge on any atom is 0.260 e. The number of nitrogens with one attached hydrogen (secondary N) is 1. The molecule has 1 aromatic rings. The van der Waals surface area contributed by atoms with Crippen LogP contribution in [0.3, 0.4) is 0 Å². The van der Waals surface area contributed by atoms with E-state index in [1.165, 1.54) is 0 Å². The van der Waals surface area contributed by atoms with E-state index in [4.69, 9.17) is 10.5 Å². The average molecular weight is 248 g/mol. The van der Waals surface area contributed by atoms with Crippen molar-refractivity contribution in [3.05, 3.63) is 29.8 Å². The van der Waals surface area contributed by atoms with Gasteiger partial charge in [0.2, 0.25) is 5.91 Å². The van der Waals surface area contributed by atoms with Crippen molar-refractivity contribution in [2.45, 2.75) is 31.9 Å². The molecule has 1 aliphatic carbocycles. The van der Waals surface area contributed by atoms with Crippen molar-refractivity contribution in [1.29, 1.82) is 0 Å². The molecule has 0 radical (unpaired) electrons. The second kappa shape index (κ2) is 5.08. The van der Waals surface area contributed by atoms with Gasteiger partial charge in [-0.2, -0.15) is 0 Å². The number of rotatable bonds is 5. The minimum absolute atomic E-state index is 0.114. The summed E-state index contributed by atoms with van der Waals surface area (Å²) < 4.78 is 5.48. The van der Waals surface area contributed by atoms with E-state index in [9.17, 15) is 9.59 Å². The first-order valence-corrected chi connectivity index (χ1v) is 5.93. The van der Waals surface area contributed by atoms with Crippen LogP contribution in [-0.4, -0.2) is 24.0 Å². The third kappa shape index (κ3) is 3.23. The largest absolute Gasteiger partial charge is 0.481 e. The Bertz CT molecular complexity index is 452. The minimum Gasteiger partial charge on any atom is -0.481 e. The van der Waals surface area contributed by atoms with Crippen LogP contribution in [0.15, 0.2) is 24.3 Å². The molecule has 5 nitrogen and oxygen atoms in total. The van der Waals surface area contributed by atoms with Crippen LogP contribution in [-0.2, 0) is 4.79 Å². The highest BCUT2D eigenvalue weighted by Crippen LogP contribution is 2.19. The second-order valence-electron chi connectivity index (χ2n) is 4.43. The van der Waals surface area contributed by atoms with Gasteiger partial charge in [-0.05, 0) is 44.0 Å². The first kappa shape index (κ1) is 12.4. The predicted molar refractivity (Wildman–Crippen MR) is 66.2 cm³/mol. The summed E-state index contributed by atoms with van der Waals surface area (Å²) in [4.78, 5) is 22.6. The van der Waals surface area contributed by atoms with Crippen molar-refractivity contribution in [2.24, 2.45) is 5.73 Å². The number of carbonyl (C=O) groups is 2. The SMILES string of the molecule is C[C@@H](Oc1ccc(C(N)=O)cc1)C(=O)NC1CC1. The molecule has 96 valence electrons. The normalized spacial score (nSPS) is 15.8. The van der Waals surface area contributed by atoms with Gasteiger partial charge in [-0.25, -0.2) is 0 Å². The van der Waals surface area contributed by atoms with Gasteiger partial charge in [0.1, 0.15) is 5.75 Å². The van der Waals surface area contributed by atoms with E-state index in [1.807, 2.05) is 0 Å². The Morgan fingerprint density at radius 2 is 1.94 bits per heavy atom. The molecule has 0 saturated heterocycles. The summed E-state index contributed by atoms with van der Waals surface area (Å²) in [6.07, 6.45) is 1.54. The summed E-state index contributed by atoms with van der Waals surface area (Å²) in [5.41, 5.74) is 5.55. The van der Waals surface area contributed by atoms with E-state index < -0.39 is 12.0 Å². The van der Waals surface area contributed by atoms with Crippen LogP contribution in [0.1, 0.15) is 30.1 Å². The zero-order valence-corrected chi connectivity index (χ0v) is 10.2. The molecule has 18 heavy (non-hydrogen) atoms. The summed E-state index contributed by atoms with van der Waals surface area (Å²) in [5.74, 6) is -0.0593. The van der Waals surface area contributed by atoms with Gasteiger partial charge in [0.25, 0.3) is 5.91 Å². The fraction of sp³-hybridized carbons (Fsp3) is 0.385. The Balaban J connectivity index is 1.91. The summed E-state index contributed by atoms with van der Waals surface area (Å²) in [6, 6.07) is 6.72. The molecule has 1 aromatic carbocycles. The first-order valence-electron chi connectivity index (χ1n) is 5.93. The minimum atomic E-state index is -0.551. The molecule has 0 unspecified atom stereocenters. The lowest BCUT2D eigenvalue weighted by atomic mass is 10.2. The highest BCUT2D eigenvalue weighted by Gasteiger charge is 2.26. The number of ether oxygens (including phenoxy) is 1. The average Bonchev–Trinajstić information content (AvgIpc) is 3.13. The van der Waals surface area contributed by atoms with Crippen molar-refractivity contribution >= 4 is 11.8 Å². The number of hydrogen-bond acceptors (Lipinski definition) is 3. The molecular formula is C13H16N2O3. The molecule has 1 atom stereocenters. The third-order valence-corrected chi connectivity index (χ3v) is 2.74. The number of nitrogens with two attached hydrogens (primary N) is 1. The Morgan fingerprint density at radius 3 is 2.44 bits per heavy atom. The van der Waals surface area contributed by atoms with E-state index in [0.29, 0.717) is 17.4 Å². The van der Waals surface area contributed by atoms with Crippen LogP contribution >= 0.6 is 0 Å². The molecule has 0 heterocycles. The Labute approximate surface area is 105 Å². The van der Waals surface area contributed by atoms with Crippen molar-refractivity contribution in [1.82, 2.24) is 5.32 Å². The maximum atomic E-state index is 11.7. The van der Waals surface area contributed by atoms with Crippen molar-refractivity contribution < 1.29 is 14.3 Å². The number of benzene rings is 1. The molecule has 1 aliphatic rings. The Morgan fingerprint density at radius 1 is 1.33 bits per heavy atom. The molecule has 1 fully saturated rings. The lowest BCUT2D eigenvalue weighted by Crippen LogP contribution is -2.37. The van der Waals surface area contributed by atoms with E-state index in [-0.39, 0.29) is 5.91 Å². The molecule has 2 rings (SSSR count). The molecule has 0 aliphatic heterocycles. The molecule has 3 N–H and O–H groups in total. The predicted octanol–water partition coefficient (Wildman–Crippen LogP) is 0.831. The molecule has 1 saturated carbocycles. The van der Waals surface area contributed by atoms with Gasteiger partial charge in [0, 0.05) is 11.6 Å². The highest BCUT2D eigenvalue weighted by atomic mass is 16.5. The number of hydrogen-bond donors (Lipinski definition) is 2. The summed E-state index contributed by atoms with van der Waals surface area (Å²) in [6.45, 7) is 1.69. The first-order chi connectivity index (χ1) is 8.56. The van der Waals surface area contributed by atoms with Gasteiger partial charge >= 0.3 is 0 Å². The van der Waals surface area contributed by atoms with Gasteiger partial charge in [0.05, 0.1) is 0 Å². The van der Waals surface area contributed by atoms with Gasteiger partial charge in [-0.1, -0.05) is 0 Å². The zero-order chi connectivity index (χ0) is 13.1. The monoisotopic (exact) mass is 248 g/mol. The van der Waals surface area contributed by atoms with Crippen LogP contribution in [0.5, 0.6) is 5.75 Å². The van der Waals surface area contributed by atoms with E-state index in [0.717, 1.165) is 12.8 Å². The van der Waals surface area contributed by atoms with E-state index in [2.05, 4.69) is 5.32 Å². The standard InChI is InChI=1S/C13H16N2O3/c1-8(13(17)15-10-4-5-10)18-11-6-2-9(3-7-11)12(14)16/h2-3,6-8,10H,4-5H2,1H3,(H2,14,16)(H,15,17)/t8-/m1/s1. The smallest absolute Gasteiger partial charge is 0.260 e. The quantitative estimate of drug-likeness (QED) is 0.809. The second-order valence-corrected chi connectivity index (χ2v) is 4.43. The molecule has 5 heteroatoms. The summed E-state index contributed by atoms with van der Waals surface area (Å²) in [5, 5.41) is 2.87. The van der Waals surface area contributed by atoms with E-state index >= 15 is 0 Å². The van der Waals surface area contributed by atoms with Gasteiger partial charge < -0.3 is 15.8 Å².